The van der Waals surface area contributed by atoms with Crippen LogP contribution in [-0.2, 0) is 48.4 Å². The summed E-state index contributed by atoms with van der Waals surface area (Å²) in [6.07, 6.45) is -0.498. The number of quaternary nitrogens is 3. The van der Waals surface area contributed by atoms with Crippen LogP contribution in [0, 0.1) is 0 Å². The first-order valence-corrected chi connectivity index (χ1v) is 21.3. The predicted octanol–water partition coefficient (Wildman–Crippen LogP) is -4.37. The monoisotopic (exact) mass is 783 g/mol. The second-order valence-electron chi connectivity index (χ2n) is 19.2. The van der Waals surface area contributed by atoms with Crippen LogP contribution in [0.4, 0.5) is 0 Å². The zero-order chi connectivity index (χ0) is 38.3. The van der Waals surface area contributed by atoms with E-state index in [-0.39, 0.29) is 72.4 Å². The Morgan fingerprint density at radius 2 is 0.596 bits per heavy atom. The van der Waals surface area contributed by atoms with Crippen molar-refractivity contribution < 1.29 is 42.2 Å². The standard InChI is InChI=1S/C39H51N12O6/c52-34-37(55)46-10-16-49(13-7-40-1-4-43(34)28(46)31(40)49)22-25-19-26(23-50-14-8-41-2-5-44-29(32(41)50)47(11-17-50)38(56)35(44)53)21-27(20-25)24-51-15-9-42-3-6-45-30(33(42)51)48(12-18-51)39(57)36(45)54/h19-21,28-33H,1-18,22-24H2/q+3. The van der Waals surface area contributed by atoms with Crippen LogP contribution in [0.5, 0.6) is 0 Å². The van der Waals surface area contributed by atoms with Crippen LogP contribution in [0.2, 0.25) is 0 Å². The summed E-state index contributed by atoms with van der Waals surface area (Å²) in [5, 5.41) is 0. The van der Waals surface area contributed by atoms with Gasteiger partial charge in [-0.05, 0) is 18.2 Å². The van der Waals surface area contributed by atoms with Crippen LogP contribution in [0.3, 0.4) is 0 Å². The summed E-state index contributed by atoms with van der Waals surface area (Å²) in [7, 11) is 0. The molecule has 12 fully saturated rings. The summed E-state index contributed by atoms with van der Waals surface area (Å²) in [4.78, 5) is 97.5. The van der Waals surface area contributed by atoms with Gasteiger partial charge in [0.15, 0.2) is 37.0 Å². The van der Waals surface area contributed by atoms with Gasteiger partial charge in [0.25, 0.3) is 0 Å². The van der Waals surface area contributed by atoms with E-state index in [1.807, 2.05) is 29.4 Å². The second kappa shape index (κ2) is 11.1. The van der Waals surface area contributed by atoms with Crippen LogP contribution in [0.25, 0.3) is 0 Å². The van der Waals surface area contributed by atoms with E-state index >= 15 is 0 Å². The molecule has 18 heteroatoms. The average Bonchev–Trinajstić information content (AvgIpc) is 4.02. The van der Waals surface area contributed by atoms with Gasteiger partial charge in [-0.3, -0.25) is 42.2 Å². The highest BCUT2D eigenvalue weighted by Gasteiger charge is 2.68. The maximum atomic E-state index is 13.1. The van der Waals surface area contributed by atoms with Gasteiger partial charge in [0.1, 0.15) is 19.6 Å². The third-order valence-electron chi connectivity index (χ3n) is 17.0. The van der Waals surface area contributed by atoms with Crippen LogP contribution in [0.1, 0.15) is 16.7 Å². The summed E-state index contributed by atoms with van der Waals surface area (Å²) in [5.41, 5.74) is 3.83. The molecule has 12 saturated heterocycles. The quantitative estimate of drug-likeness (QED) is 0.208. The Morgan fingerprint density at radius 1 is 0.351 bits per heavy atom. The summed E-state index contributed by atoms with van der Waals surface area (Å²) >= 11 is 0. The number of nitrogens with zero attached hydrogens (tertiary/aromatic N) is 12. The molecule has 1 aromatic rings. The van der Waals surface area contributed by atoms with Crippen molar-refractivity contribution in [2.24, 2.45) is 0 Å². The van der Waals surface area contributed by atoms with Crippen LogP contribution >= 0.6 is 0 Å². The molecule has 0 aliphatic carbocycles. The number of rotatable bonds is 6. The molecule has 300 valence electrons. The van der Waals surface area contributed by atoms with Gasteiger partial charge < -0.3 is 29.4 Å². The summed E-state index contributed by atoms with van der Waals surface area (Å²) in [6.45, 7) is 16.5. The largest absolute Gasteiger partial charge is 0.314 e. The molecule has 12 heterocycles. The number of hydrogen-bond donors (Lipinski definition) is 0. The molecule has 0 saturated carbocycles. The Balaban J connectivity index is 0.885. The minimum absolute atomic E-state index is 0.0514. The summed E-state index contributed by atoms with van der Waals surface area (Å²) < 4.78 is 2.50. The highest BCUT2D eigenvalue weighted by molar-refractivity contribution is 6.37. The zero-order valence-corrected chi connectivity index (χ0v) is 32.4. The highest BCUT2D eigenvalue weighted by atomic mass is 16.2. The van der Waals surface area contributed by atoms with Gasteiger partial charge in [-0.1, -0.05) is 0 Å². The Bertz CT molecular complexity index is 1820. The molecule has 6 amide bonds. The second-order valence-corrected chi connectivity index (χ2v) is 19.2. The maximum Gasteiger partial charge on any atom is 0.314 e. The third-order valence-corrected chi connectivity index (χ3v) is 17.0. The molecule has 0 bridgehead atoms. The molecule has 9 atom stereocenters. The van der Waals surface area contributed by atoms with Crippen molar-refractivity contribution in [1.82, 2.24) is 44.1 Å². The lowest BCUT2D eigenvalue weighted by Gasteiger charge is -2.54. The van der Waals surface area contributed by atoms with Crippen molar-refractivity contribution in [3.63, 3.8) is 0 Å². The SMILES string of the molecule is O=C1C(=O)N2CC[N+]3(Cc4cc(C[N+]56CCN7CCN8C(=O)C(=O)N(CC5)C8C76)cc(C[N+]56CCN7CCN8C(=O)C(=O)N(CC5)C8C76)c4)CCN4CCN1C2C43. The molecule has 0 aromatic heterocycles. The molecule has 9 unspecified atom stereocenters. The lowest BCUT2D eigenvalue weighted by atomic mass is 9.98. The van der Waals surface area contributed by atoms with E-state index in [1.165, 1.54) is 16.7 Å². The average molecular weight is 784 g/mol. The molecule has 1 aromatic carbocycles. The van der Waals surface area contributed by atoms with E-state index < -0.39 is 0 Å². The molecule has 0 N–H and O–H groups in total. The Morgan fingerprint density at radius 3 is 0.877 bits per heavy atom. The lowest BCUT2D eigenvalue weighted by molar-refractivity contribution is -0.967. The smallest absolute Gasteiger partial charge is 0.306 e. The molecule has 57 heavy (non-hydrogen) atoms. The van der Waals surface area contributed by atoms with Gasteiger partial charge in [-0.2, -0.15) is 0 Å². The van der Waals surface area contributed by atoms with Crippen molar-refractivity contribution in [2.45, 2.75) is 56.6 Å². The molecule has 0 spiro atoms. The lowest BCUT2D eigenvalue weighted by Crippen LogP contribution is -2.74. The Kier molecular flexibility index (Phi) is 6.56. The van der Waals surface area contributed by atoms with Gasteiger partial charge in [0, 0.05) is 56.0 Å². The Hall–Kier alpha value is -4.20. The van der Waals surface area contributed by atoms with Crippen molar-refractivity contribution >= 4 is 35.4 Å². The van der Waals surface area contributed by atoms with Crippen LogP contribution in [0.15, 0.2) is 18.2 Å². The number of benzene rings is 1. The third kappa shape index (κ3) is 4.16. The normalized spacial score (nSPS) is 41.7. The fraction of sp³-hybridized carbons (Fsp3) is 0.692. The van der Waals surface area contributed by atoms with E-state index in [9.17, 15) is 28.8 Å². The first kappa shape index (κ1) is 33.7. The van der Waals surface area contributed by atoms with E-state index in [4.69, 9.17) is 0 Å². The highest BCUT2D eigenvalue weighted by Crippen LogP contribution is 2.45. The van der Waals surface area contributed by atoms with Gasteiger partial charge in [0.2, 0.25) is 0 Å². The van der Waals surface area contributed by atoms with Gasteiger partial charge in [-0.25, -0.2) is 14.7 Å². The topological polar surface area (TPSA) is 132 Å². The van der Waals surface area contributed by atoms with Crippen LogP contribution < -0.4 is 0 Å². The minimum atomic E-state index is -0.350. The first-order chi connectivity index (χ1) is 27.6. The van der Waals surface area contributed by atoms with Gasteiger partial charge in [-0.15, -0.1) is 0 Å². The number of carbonyl (C=O) groups excluding carboxylic acids is 6. The van der Waals surface area contributed by atoms with E-state index in [0.29, 0.717) is 39.3 Å². The Labute approximate surface area is 330 Å². The van der Waals surface area contributed by atoms with Crippen LogP contribution in [-0.4, -0.2) is 248 Å². The van der Waals surface area contributed by atoms with Crippen molar-refractivity contribution in [3.05, 3.63) is 34.9 Å². The van der Waals surface area contributed by atoms with Gasteiger partial charge in [0.05, 0.1) is 78.5 Å². The van der Waals surface area contributed by atoms with E-state index in [2.05, 4.69) is 32.9 Å². The zero-order valence-electron chi connectivity index (χ0n) is 32.4. The van der Waals surface area contributed by atoms with Crippen molar-refractivity contribution in [3.8, 4) is 0 Å². The van der Waals surface area contributed by atoms with E-state index in [1.54, 1.807) is 0 Å². The number of hydrogen-bond acceptors (Lipinski definition) is 9. The molecule has 18 nitrogen and oxygen atoms in total. The predicted molar refractivity (Wildman–Crippen MR) is 195 cm³/mol. The fourth-order valence-corrected chi connectivity index (χ4v) is 14.6. The number of piperazine rings is 6. The maximum absolute atomic E-state index is 13.1. The summed E-state index contributed by atoms with van der Waals surface area (Å²) in [5.74, 6) is -2.10. The summed E-state index contributed by atoms with van der Waals surface area (Å²) in [6, 6.07) is 7.28. The van der Waals surface area contributed by atoms with E-state index in [0.717, 1.165) is 112 Å². The van der Waals surface area contributed by atoms with Crippen molar-refractivity contribution in [2.75, 3.05) is 118 Å². The molecule has 12 aliphatic heterocycles. The molecule has 13 rings (SSSR count). The van der Waals surface area contributed by atoms with Gasteiger partial charge >= 0.3 is 35.4 Å². The molecular weight excluding hydrogens is 733 g/mol. The molecule has 0 radical (unpaired) electrons. The number of amides is 6. The minimum Gasteiger partial charge on any atom is -0.306 e. The molecule has 12 aliphatic rings. The first-order valence-electron chi connectivity index (χ1n) is 21.3. The molecular formula is C39H51N12O6+3. The van der Waals surface area contributed by atoms with Crippen molar-refractivity contribution in [1.29, 1.82) is 0 Å². The fourth-order valence-electron chi connectivity index (χ4n) is 14.6. The number of carbonyl (C=O) groups is 6.